The van der Waals surface area contributed by atoms with E-state index in [1.807, 2.05) is 0 Å². The Morgan fingerprint density at radius 2 is 1.93 bits per heavy atom. The van der Waals surface area contributed by atoms with E-state index in [0.717, 1.165) is 0 Å². The fraction of sp³-hybridized carbons (Fsp3) is 0. The van der Waals surface area contributed by atoms with Crippen molar-refractivity contribution in [2.75, 3.05) is 0 Å². The fourth-order valence-corrected chi connectivity index (χ4v) is 1.11. The number of allylic oxidation sites excluding steroid dienone is 1. The molecular weight excluding hydrogens is 223 g/mol. The number of hydrogen-bond acceptors (Lipinski definition) is 2. The largest absolute Gasteiger partial charge is 0.276 e. The fourth-order valence-electron chi connectivity index (χ4n) is 0.926. The van der Waals surface area contributed by atoms with E-state index in [4.69, 9.17) is 23.2 Å². The SMILES string of the molecule is O=C(Cl)/C=C/c1cccc(C(=O)Cl)c1. The number of carbonyl (C=O) groups is 2. The van der Waals surface area contributed by atoms with Gasteiger partial charge in [0, 0.05) is 5.56 Å². The van der Waals surface area contributed by atoms with E-state index in [0.29, 0.717) is 11.1 Å². The average Bonchev–Trinajstić information content (AvgIpc) is 2.15. The Bertz CT molecular complexity index is 397. The molecule has 0 unspecified atom stereocenters. The molecule has 0 aromatic heterocycles. The molecule has 0 N–H and O–H groups in total. The first-order valence-electron chi connectivity index (χ1n) is 3.77. The molecule has 0 aliphatic carbocycles. The van der Waals surface area contributed by atoms with Crippen LogP contribution in [0.4, 0.5) is 0 Å². The molecule has 1 aromatic carbocycles. The second kappa shape index (κ2) is 4.94. The van der Waals surface area contributed by atoms with Crippen LogP contribution in [-0.4, -0.2) is 10.5 Å². The second-order valence-electron chi connectivity index (χ2n) is 2.54. The Morgan fingerprint density at radius 3 is 2.50 bits per heavy atom. The molecule has 14 heavy (non-hydrogen) atoms. The molecule has 0 radical (unpaired) electrons. The maximum absolute atomic E-state index is 10.8. The zero-order valence-corrected chi connectivity index (χ0v) is 8.55. The molecule has 4 heteroatoms. The predicted octanol–water partition coefficient (Wildman–Crippen LogP) is 2.84. The summed E-state index contributed by atoms with van der Waals surface area (Å²) in [6, 6.07) is 6.58. The van der Waals surface area contributed by atoms with Crippen LogP contribution < -0.4 is 0 Å². The smallest absolute Gasteiger partial charge is 0.252 e. The molecule has 0 spiro atoms. The van der Waals surface area contributed by atoms with Crippen molar-refractivity contribution in [3.8, 4) is 0 Å². The predicted molar refractivity (Wildman–Crippen MR) is 56.5 cm³/mol. The molecule has 2 nitrogen and oxygen atoms in total. The molecule has 1 rings (SSSR count). The summed E-state index contributed by atoms with van der Waals surface area (Å²) in [5.74, 6) is 0. The summed E-state index contributed by atoms with van der Waals surface area (Å²) in [6.07, 6.45) is 2.72. The van der Waals surface area contributed by atoms with Crippen molar-refractivity contribution in [3.05, 3.63) is 41.5 Å². The third-order valence-electron chi connectivity index (χ3n) is 1.52. The van der Waals surface area contributed by atoms with Crippen LogP contribution >= 0.6 is 23.2 Å². The summed E-state index contributed by atoms with van der Waals surface area (Å²) < 4.78 is 0. The highest BCUT2D eigenvalue weighted by Crippen LogP contribution is 2.09. The molecule has 0 amide bonds. The maximum Gasteiger partial charge on any atom is 0.252 e. The molecular formula is C10H6Cl2O2. The van der Waals surface area contributed by atoms with Crippen molar-refractivity contribution in [2.45, 2.75) is 0 Å². The molecule has 0 saturated carbocycles. The van der Waals surface area contributed by atoms with Crippen LogP contribution in [0.2, 0.25) is 0 Å². The Labute approximate surface area is 91.1 Å². The summed E-state index contributed by atoms with van der Waals surface area (Å²) in [6.45, 7) is 0. The quantitative estimate of drug-likeness (QED) is 0.589. The number of rotatable bonds is 3. The van der Waals surface area contributed by atoms with Gasteiger partial charge in [0.05, 0.1) is 0 Å². The highest BCUT2D eigenvalue weighted by atomic mass is 35.5. The van der Waals surface area contributed by atoms with E-state index in [9.17, 15) is 9.59 Å². The molecule has 72 valence electrons. The van der Waals surface area contributed by atoms with Crippen molar-refractivity contribution in [1.29, 1.82) is 0 Å². The van der Waals surface area contributed by atoms with Crippen LogP contribution in [0.5, 0.6) is 0 Å². The van der Waals surface area contributed by atoms with Gasteiger partial charge in [-0.05, 0) is 40.9 Å². The van der Waals surface area contributed by atoms with Gasteiger partial charge >= 0.3 is 0 Å². The molecule has 0 fully saturated rings. The van der Waals surface area contributed by atoms with Crippen LogP contribution in [0, 0.1) is 0 Å². The van der Waals surface area contributed by atoms with Gasteiger partial charge in [-0.2, -0.15) is 0 Å². The van der Waals surface area contributed by atoms with Gasteiger partial charge in [-0.25, -0.2) is 0 Å². The molecule has 0 aliphatic rings. The lowest BCUT2D eigenvalue weighted by molar-refractivity contribution is -0.107. The van der Waals surface area contributed by atoms with E-state index in [1.54, 1.807) is 24.3 Å². The van der Waals surface area contributed by atoms with Gasteiger partial charge in [-0.3, -0.25) is 9.59 Å². The second-order valence-corrected chi connectivity index (χ2v) is 3.25. The van der Waals surface area contributed by atoms with Crippen molar-refractivity contribution in [1.82, 2.24) is 0 Å². The molecule has 0 heterocycles. The van der Waals surface area contributed by atoms with Gasteiger partial charge in [0.25, 0.3) is 5.24 Å². The van der Waals surface area contributed by atoms with Gasteiger partial charge in [0.2, 0.25) is 5.24 Å². The summed E-state index contributed by atoms with van der Waals surface area (Å²) in [7, 11) is 0. The van der Waals surface area contributed by atoms with E-state index in [1.165, 1.54) is 12.2 Å². The van der Waals surface area contributed by atoms with Gasteiger partial charge in [-0.1, -0.05) is 24.3 Å². The summed E-state index contributed by atoms with van der Waals surface area (Å²) in [4.78, 5) is 21.2. The summed E-state index contributed by atoms with van der Waals surface area (Å²) in [5.41, 5.74) is 1.08. The van der Waals surface area contributed by atoms with Crippen LogP contribution in [0.15, 0.2) is 30.3 Å². The lowest BCUT2D eigenvalue weighted by Crippen LogP contribution is -1.88. The van der Waals surface area contributed by atoms with E-state index < -0.39 is 10.5 Å². The van der Waals surface area contributed by atoms with Gasteiger partial charge in [-0.15, -0.1) is 0 Å². The standard InChI is InChI=1S/C10H6Cl2O2/c11-9(13)5-4-7-2-1-3-8(6-7)10(12)14/h1-6H/b5-4+. The van der Waals surface area contributed by atoms with Crippen LogP contribution in [0.3, 0.4) is 0 Å². The van der Waals surface area contributed by atoms with E-state index >= 15 is 0 Å². The molecule has 0 atom stereocenters. The number of benzene rings is 1. The van der Waals surface area contributed by atoms with Crippen molar-refractivity contribution >= 4 is 39.8 Å². The molecule has 0 bridgehead atoms. The maximum atomic E-state index is 10.8. The highest BCUT2D eigenvalue weighted by Gasteiger charge is 2.00. The Morgan fingerprint density at radius 1 is 1.21 bits per heavy atom. The van der Waals surface area contributed by atoms with Crippen molar-refractivity contribution in [2.24, 2.45) is 0 Å². The number of carbonyl (C=O) groups excluding carboxylic acids is 2. The highest BCUT2D eigenvalue weighted by molar-refractivity contribution is 6.67. The molecule has 0 saturated heterocycles. The zero-order valence-electron chi connectivity index (χ0n) is 7.04. The topological polar surface area (TPSA) is 34.1 Å². The van der Waals surface area contributed by atoms with Crippen molar-refractivity contribution in [3.63, 3.8) is 0 Å². The average molecular weight is 229 g/mol. The first kappa shape index (κ1) is 11.0. The molecule has 1 aromatic rings. The van der Waals surface area contributed by atoms with Crippen LogP contribution in [0.25, 0.3) is 6.08 Å². The first-order chi connectivity index (χ1) is 6.59. The monoisotopic (exact) mass is 228 g/mol. The van der Waals surface area contributed by atoms with Gasteiger partial charge in [0.15, 0.2) is 0 Å². The van der Waals surface area contributed by atoms with Crippen LogP contribution in [-0.2, 0) is 4.79 Å². The van der Waals surface area contributed by atoms with E-state index in [2.05, 4.69) is 0 Å². The van der Waals surface area contributed by atoms with Crippen LogP contribution in [0.1, 0.15) is 15.9 Å². The van der Waals surface area contributed by atoms with Crippen molar-refractivity contribution < 1.29 is 9.59 Å². The van der Waals surface area contributed by atoms with Gasteiger partial charge in [0.1, 0.15) is 0 Å². The Balaban J connectivity index is 2.94. The molecule has 0 aliphatic heterocycles. The normalized spacial score (nSPS) is 10.4. The lowest BCUT2D eigenvalue weighted by atomic mass is 10.1. The lowest BCUT2D eigenvalue weighted by Gasteiger charge is -1.95. The Kier molecular flexibility index (Phi) is 3.86. The minimum Gasteiger partial charge on any atom is -0.276 e. The Hall–Kier alpha value is -1.12. The number of halogens is 2. The third kappa shape index (κ3) is 3.32. The zero-order chi connectivity index (χ0) is 10.6. The summed E-state index contributed by atoms with van der Waals surface area (Å²) in [5, 5.41) is -1.09. The minimum atomic E-state index is -0.562. The third-order valence-corrected chi connectivity index (χ3v) is 1.86. The minimum absolute atomic E-state index is 0.385. The van der Waals surface area contributed by atoms with Gasteiger partial charge < -0.3 is 0 Å². The van der Waals surface area contributed by atoms with E-state index in [-0.39, 0.29) is 0 Å². The number of hydrogen-bond donors (Lipinski definition) is 0. The summed E-state index contributed by atoms with van der Waals surface area (Å²) >= 11 is 10.4. The first-order valence-corrected chi connectivity index (χ1v) is 4.52.